The molecule has 8 heteroatoms. The van der Waals surface area contributed by atoms with Crippen LogP contribution < -0.4 is 16.0 Å². The molecule has 5 rings (SSSR count). The number of carbonyl (C=O) groups is 2. The Kier molecular flexibility index (Phi) is 7.30. The predicted octanol–water partition coefficient (Wildman–Crippen LogP) is 4.55. The second-order valence-electron chi connectivity index (χ2n) is 9.25. The summed E-state index contributed by atoms with van der Waals surface area (Å²) in [6.45, 7) is 6.02. The van der Waals surface area contributed by atoms with E-state index in [9.17, 15) is 14.0 Å². The summed E-state index contributed by atoms with van der Waals surface area (Å²) >= 11 is 0. The van der Waals surface area contributed by atoms with Gasteiger partial charge in [-0.1, -0.05) is 24.3 Å². The molecule has 1 fully saturated rings. The summed E-state index contributed by atoms with van der Waals surface area (Å²) in [6.07, 6.45) is 1.68. The highest BCUT2D eigenvalue weighted by atomic mass is 19.1. The zero-order valence-corrected chi connectivity index (χ0v) is 20.6. The molecule has 1 atom stereocenters. The van der Waals surface area contributed by atoms with E-state index < -0.39 is 0 Å². The van der Waals surface area contributed by atoms with E-state index in [1.165, 1.54) is 17.7 Å². The number of nitrogens with one attached hydrogen (secondary N) is 3. The van der Waals surface area contributed by atoms with Crippen molar-refractivity contribution in [2.75, 3.05) is 36.9 Å². The van der Waals surface area contributed by atoms with E-state index >= 15 is 0 Å². The topological polar surface area (TPSA) is 82.7 Å². The van der Waals surface area contributed by atoms with Crippen molar-refractivity contribution in [3.63, 3.8) is 0 Å². The van der Waals surface area contributed by atoms with Gasteiger partial charge in [-0.3, -0.25) is 14.5 Å². The molecule has 0 aliphatic carbocycles. The van der Waals surface area contributed by atoms with Crippen LogP contribution >= 0.6 is 0 Å². The van der Waals surface area contributed by atoms with Gasteiger partial charge in [0.25, 0.3) is 11.8 Å². The first-order valence-corrected chi connectivity index (χ1v) is 12.3. The van der Waals surface area contributed by atoms with Crippen LogP contribution in [0.15, 0.2) is 72.9 Å². The Bertz CT molecular complexity index is 1330. The maximum absolute atomic E-state index is 13.2. The molecular formula is C29H29FN4O3. The number of morpholine rings is 1. The zero-order chi connectivity index (χ0) is 25.8. The first kappa shape index (κ1) is 24.7. The molecule has 2 amide bonds. The number of nitrogens with zero attached hydrogens (tertiary/aromatic N) is 1. The monoisotopic (exact) mass is 500 g/mol. The minimum absolute atomic E-state index is 0.232. The van der Waals surface area contributed by atoms with Crippen LogP contribution in [0.25, 0.3) is 5.57 Å². The van der Waals surface area contributed by atoms with Gasteiger partial charge in [0.15, 0.2) is 0 Å². The van der Waals surface area contributed by atoms with Crippen LogP contribution in [-0.2, 0) is 16.1 Å². The minimum atomic E-state index is -0.324. The van der Waals surface area contributed by atoms with Gasteiger partial charge in [0.1, 0.15) is 5.82 Å². The quantitative estimate of drug-likeness (QED) is 0.415. The van der Waals surface area contributed by atoms with Crippen LogP contribution in [0.1, 0.15) is 40.0 Å². The van der Waals surface area contributed by atoms with Crippen molar-refractivity contribution in [3.05, 3.63) is 101 Å². The molecule has 190 valence electrons. The molecule has 0 unspecified atom stereocenters. The number of amides is 2. The standard InChI is InChI=1S/C29H29FN4O3/c1-19(21-5-8-23(30)9-6-21)32-28(35)22-7-10-27-25(16-22)26(29(36)33-27)17-31-24-4-2-3-20(15-24)18-34-11-13-37-14-12-34/h2-10,15-17,19,31H,11-14,18H2,1H3,(H,32,35)(H,33,36)/t19-/m0/s1. The smallest absolute Gasteiger partial charge is 0.257 e. The van der Waals surface area contributed by atoms with Crippen LogP contribution in [0.5, 0.6) is 0 Å². The molecule has 3 N–H and O–H groups in total. The summed E-state index contributed by atoms with van der Waals surface area (Å²) in [5, 5.41) is 9.03. The minimum Gasteiger partial charge on any atom is -0.379 e. The average Bonchev–Trinajstić information content (AvgIpc) is 3.22. The van der Waals surface area contributed by atoms with Crippen molar-refractivity contribution in [1.82, 2.24) is 10.2 Å². The number of ether oxygens (including phenoxy) is 1. The SMILES string of the molecule is C[C@H](NC(=O)c1ccc2c(c1)C(=CNc1cccc(CN3CCOCC3)c1)C(=O)N2)c1ccc(F)cc1. The van der Waals surface area contributed by atoms with Crippen molar-refractivity contribution in [2.45, 2.75) is 19.5 Å². The van der Waals surface area contributed by atoms with Gasteiger partial charge >= 0.3 is 0 Å². The van der Waals surface area contributed by atoms with Gasteiger partial charge in [-0.25, -0.2) is 4.39 Å². The molecular weight excluding hydrogens is 471 g/mol. The number of hydrogen-bond donors (Lipinski definition) is 3. The molecule has 3 aromatic rings. The maximum Gasteiger partial charge on any atom is 0.257 e. The van der Waals surface area contributed by atoms with E-state index in [1.54, 1.807) is 36.5 Å². The van der Waals surface area contributed by atoms with Crippen LogP contribution in [0.4, 0.5) is 15.8 Å². The number of rotatable bonds is 7. The number of benzene rings is 3. The number of halogens is 1. The van der Waals surface area contributed by atoms with Crippen LogP contribution in [0.3, 0.4) is 0 Å². The summed E-state index contributed by atoms with van der Waals surface area (Å²) in [4.78, 5) is 28.0. The van der Waals surface area contributed by atoms with E-state index in [1.807, 2.05) is 19.1 Å². The Balaban J connectivity index is 1.29. The summed E-state index contributed by atoms with van der Waals surface area (Å²) in [7, 11) is 0. The van der Waals surface area contributed by atoms with E-state index in [0.717, 1.165) is 44.1 Å². The van der Waals surface area contributed by atoms with Crippen molar-refractivity contribution in [3.8, 4) is 0 Å². The highest BCUT2D eigenvalue weighted by Gasteiger charge is 2.25. The fourth-order valence-electron chi connectivity index (χ4n) is 4.52. The summed E-state index contributed by atoms with van der Waals surface area (Å²) < 4.78 is 18.6. The Morgan fingerprint density at radius 3 is 2.68 bits per heavy atom. The van der Waals surface area contributed by atoms with Gasteiger partial charge in [-0.2, -0.15) is 0 Å². The summed E-state index contributed by atoms with van der Waals surface area (Å²) in [5.74, 6) is -0.832. The predicted molar refractivity (Wildman–Crippen MR) is 141 cm³/mol. The molecule has 37 heavy (non-hydrogen) atoms. The van der Waals surface area contributed by atoms with E-state index in [4.69, 9.17) is 4.74 Å². The molecule has 0 saturated carbocycles. The lowest BCUT2D eigenvalue weighted by molar-refractivity contribution is -0.110. The van der Waals surface area contributed by atoms with E-state index in [-0.39, 0.29) is 23.7 Å². The Morgan fingerprint density at radius 1 is 1.11 bits per heavy atom. The van der Waals surface area contributed by atoms with Gasteiger partial charge in [0, 0.05) is 48.3 Å². The maximum atomic E-state index is 13.2. The highest BCUT2D eigenvalue weighted by molar-refractivity contribution is 6.32. The van der Waals surface area contributed by atoms with Gasteiger partial charge in [0.2, 0.25) is 0 Å². The third kappa shape index (κ3) is 5.87. The number of fused-ring (bicyclic) bond motifs is 1. The number of anilines is 2. The fraction of sp³-hybridized carbons (Fsp3) is 0.241. The third-order valence-electron chi connectivity index (χ3n) is 6.60. The van der Waals surface area contributed by atoms with Crippen molar-refractivity contribution >= 4 is 28.8 Å². The molecule has 0 spiro atoms. The van der Waals surface area contributed by atoms with Gasteiger partial charge in [-0.05, 0) is 60.5 Å². The molecule has 2 aliphatic rings. The molecule has 1 saturated heterocycles. The highest BCUT2D eigenvalue weighted by Crippen LogP contribution is 2.33. The van der Waals surface area contributed by atoms with Crippen LogP contribution in [0, 0.1) is 5.82 Å². The Hall–Kier alpha value is -4.01. The van der Waals surface area contributed by atoms with Gasteiger partial charge in [0.05, 0.1) is 24.8 Å². The van der Waals surface area contributed by atoms with E-state index in [0.29, 0.717) is 22.4 Å². The number of hydrogen-bond acceptors (Lipinski definition) is 5. The van der Waals surface area contributed by atoms with Crippen LogP contribution in [-0.4, -0.2) is 43.0 Å². The largest absolute Gasteiger partial charge is 0.379 e. The molecule has 2 aliphatic heterocycles. The second kappa shape index (κ2) is 10.9. The first-order chi connectivity index (χ1) is 18.0. The normalized spacial score (nSPS) is 17.2. The zero-order valence-electron chi connectivity index (χ0n) is 20.6. The summed E-state index contributed by atoms with van der Waals surface area (Å²) in [5.41, 5.74) is 5.05. The fourth-order valence-corrected chi connectivity index (χ4v) is 4.52. The van der Waals surface area contributed by atoms with Crippen molar-refractivity contribution < 1.29 is 18.7 Å². The van der Waals surface area contributed by atoms with Gasteiger partial charge < -0.3 is 20.7 Å². The van der Waals surface area contributed by atoms with Crippen molar-refractivity contribution in [1.29, 1.82) is 0 Å². The second-order valence-corrected chi connectivity index (χ2v) is 9.25. The van der Waals surface area contributed by atoms with Gasteiger partial charge in [-0.15, -0.1) is 0 Å². The molecule has 0 radical (unpaired) electrons. The summed E-state index contributed by atoms with van der Waals surface area (Å²) in [6, 6.07) is 18.9. The molecule has 0 bridgehead atoms. The van der Waals surface area contributed by atoms with Crippen molar-refractivity contribution in [2.24, 2.45) is 0 Å². The first-order valence-electron chi connectivity index (χ1n) is 12.3. The number of carbonyl (C=O) groups excluding carboxylic acids is 2. The lowest BCUT2D eigenvalue weighted by Crippen LogP contribution is -2.35. The van der Waals surface area contributed by atoms with Crippen LogP contribution in [0.2, 0.25) is 0 Å². The lowest BCUT2D eigenvalue weighted by atomic mass is 10.0. The Morgan fingerprint density at radius 2 is 1.89 bits per heavy atom. The lowest BCUT2D eigenvalue weighted by Gasteiger charge is -2.26. The third-order valence-corrected chi connectivity index (χ3v) is 6.60. The molecule has 2 heterocycles. The Labute approximate surface area is 215 Å². The molecule has 0 aromatic heterocycles. The molecule has 7 nitrogen and oxygen atoms in total. The van der Waals surface area contributed by atoms with E-state index in [2.05, 4.69) is 33.0 Å². The average molecular weight is 501 g/mol. The molecule has 3 aromatic carbocycles.